The van der Waals surface area contributed by atoms with E-state index in [2.05, 4.69) is 17.4 Å². The highest BCUT2D eigenvalue weighted by molar-refractivity contribution is 5.32. The summed E-state index contributed by atoms with van der Waals surface area (Å²) in [5.74, 6) is 0.180. The zero-order chi connectivity index (χ0) is 9.97. The molecule has 0 aromatic heterocycles. The quantitative estimate of drug-likeness (QED) is 0.773. The Morgan fingerprint density at radius 3 is 2.43 bits per heavy atom. The fourth-order valence-corrected chi connectivity index (χ4v) is 2.21. The summed E-state index contributed by atoms with van der Waals surface area (Å²) < 4.78 is 13.6. The minimum atomic E-state index is -0.715. The molecule has 2 heteroatoms. The second kappa shape index (κ2) is 4.09. The fraction of sp³-hybridized carbons (Fsp3) is 0.500. The van der Waals surface area contributed by atoms with Crippen molar-refractivity contribution >= 4 is 0 Å². The lowest BCUT2D eigenvalue weighted by atomic mass is 10.0. The monoisotopic (exact) mass is 193 g/mol. The minimum absolute atomic E-state index is 0.180. The van der Waals surface area contributed by atoms with Crippen LogP contribution in [0.3, 0.4) is 0 Å². The molecule has 14 heavy (non-hydrogen) atoms. The van der Waals surface area contributed by atoms with E-state index in [1.807, 2.05) is 12.1 Å². The second-order valence-electron chi connectivity index (χ2n) is 4.01. The molecule has 1 aromatic rings. The summed E-state index contributed by atoms with van der Waals surface area (Å²) in [5.41, 5.74) is 2.66. The first kappa shape index (κ1) is 9.66. The number of alkyl halides is 1. The van der Waals surface area contributed by atoms with Gasteiger partial charge in [-0.25, -0.2) is 4.39 Å². The maximum atomic E-state index is 13.6. The molecule has 1 nitrogen and oxygen atoms in total. The van der Waals surface area contributed by atoms with Crippen molar-refractivity contribution in [2.75, 3.05) is 13.6 Å². The normalized spacial score (nSPS) is 18.1. The number of fused-ring (bicyclic) bond motifs is 1. The van der Waals surface area contributed by atoms with Crippen LogP contribution in [0.25, 0.3) is 0 Å². The van der Waals surface area contributed by atoms with Crippen LogP contribution >= 0.6 is 0 Å². The summed E-state index contributed by atoms with van der Waals surface area (Å²) in [7, 11) is 1.80. The van der Waals surface area contributed by atoms with Gasteiger partial charge in [0.25, 0.3) is 0 Å². The molecule has 1 aliphatic rings. The summed E-state index contributed by atoms with van der Waals surface area (Å²) in [5, 5.41) is 2.90. The minimum Gasteiger partial charge on any atom is -0.317 e. The third-order valence-corrected chi connectivity index (χ3v) is 2.99. The molecule has 1 aliphatic carbocycles. The van der Waals surface area contributed by atoms with Crippen molar-refractivity contribution in [2.45, 2.75) is 19.0 Å². The maximum Gasteiger partial charge on any atom is 0.116 e. The number of nitrogens with one attached hydrogen (secondary N) is 1. The van der Waals surface area contributed by atoms with Crippen LogP contribution in [0.4, 0.5) is 4.39 Å². The number of hydrogen-bond acceptors (Lipinski definition) is 1. The SMILES string of the molecule is CNC[C@H](F)C1Cc2ccccc2C1. The van der Waals surface area contributed by atoms with Crippen molar-refractivity contribution < 1.29 is 4.39 Å². The average molecular weight is 193 g/mol. The van der Waals surface area contributed by atoms with Gasteiger partial charge in [0.05, 0.1) is 0 Å². The molecule has 0 unspecified atom stereocenters. The van der Waals surface area contributed by atoms with Gasteiger partial charge < -0.3 is 5.32 Å². The Morgan fingerprint density at radius 1 is 1.36 bits per heavy atom. The van der Waals surface area contributed by atoms with Crippen LogP contribution < -0.4 is 5.32 Å². The molecule has 76 valence electrons. The standard InChI is InChI=1S/C12H16FN/c1-14-8-12(13)11-6-9-4-2-3-5-10(9)7-11/h2-5,11-12,14H,6-8H2,1H3/t12-/m0/s1. The van der Waals surface area contributed by atoms with E-state index in [4.69, 9.17) is 0 Å². The third-order valence-electron chi connectivity index (χ3n) is 2.99. The van der Waals surface area contributed by atoms with Gasteiger partial charge in [-0.3, -0.25) is 0 Å². The lowest BCUT2D eigenvalue weighted by Gasteiger charge is -2.14. The van der Waals surface area contributed by atoms with Crippen LogP contribution in [0, 0.1) is 5.92 Å². The van der Waals surface area contributed by atoms with Crippen molar-refractivity contribution in [1.82, 2.24) is 5.32 Å². The van der Waals surface area contributed by atoms with E-state index in [1.165, 1.54) is 11.1 Å². The first-order valence-corrected chi connectivity index (χ1v) is 5.16. The zero-order valence-electron chi connectivity index (χ0n) is 8.46. The van der Waals surface area contributed by atoms with Gasteiger partial charge in [0.1, 0.15) is 6.17 Å². The zero-order valence-corrected chi connectivity index (χ0v) is 8.46. The highest BCUT2D eigenvalue weighted by Gasteiger charge is 2.27. The molecule has 1 aromatic carbocycles. The Hall–Kier alpha value is -0.890. The van der Waals surface area contributed by atoms with E-state index in [9.17, 15) is 4.39 Å². The Morgan fingerprint density at radius 2 is 1.93 bits per heavy atom. The third kappa shape index (κ3) is 1.80. The molecular formula is C12H16FN. The molecule has 0 bridgehead atoms. The van der Waals surface area contributed by atoms with Gasteiger partial charge >= 0.3 is 0 Å². The first-order chi connectivity index (χ1) is 6.81. The molecule has 0 heterocycles. The number of benzene rings is 1. The lowest BCUT2D eigenvalue weighted by molar-refractivity contribution is 0.230. The molecule has 0 saturated carbocycles. The van der Waals surface area contributed by atoms with E-state index < -0.39 is 6.17 Å². The number of hydrogen-bond donors (Lipinski definition) is 1. The van der Waals surface area contributed by atoms with E-state index in [0.717, 1.165) is 12.8 Å². The molecule has 1 atom stereocenters. The highest BCUT2D eigenvalue weighted by atomic mass is 19.1. The molecule has 1 N–H and O–H groups in total. The topological polar surface area (TPSA) is 12.0 Å². The van der Waals surface area contributed by atoms with Gasteiger partial charge in [-0.15, -0.1) is 0 Å². The summed E-state index contributed by atoms with van der Waals surface area (Å²) in [6, 6.07) is 8.29. The molecule has 0 aliphatic heterocycles. The largest absolute Gasteiger partial charge is 0.317 e. The van der Waals surface area contributed by atoms with E-state index in [1.54, 1.807) is 7.05 Å². The summed E-state index contributed by atoms with van der Waals surface area (Å²) in [6.07, 6.45) is 1.09. The van der Waals surface area contributed by atoms with Crippen molar-refractivity contribution in [3.8, 4) is 0 Å². The van der Waals surface area contributed by atoms with Crippen molar-refractivity contribution in [3.63, 3.8) is 0 Å². The summed E-state index contributed by atoms with van der Waals surface area (Å²) >= 11 is 0. The van der Waals surface area contributed by atoms with Gasteiger partial charge in [0, 0.05) is 6.54 Å². The van der Waals surface area contributed by atoms with Crippen LogP contribution in [0.15, 0.2) is 24.3 Å². The summed E-state index contributed by atoms with van der Waals surface area (Å²) in [4.78, 5) is 0. The molecular weight excluding hydrogens is 177 g/mol. The predicted octanol–water partition coefficient (Wildman–Crippen LogP) is 1.96. The van der Waals surface area contributed by atoms with Gasteiger partial charge in [0.2, 0.25) is 0 Å². The van der Waals surface area contributed by atoms with E-state index in [-0.39, 0.29) is 5.92 Å². The molecule has 0 spiro atoms. The van der Waals surface area contributed by atoms with Crippen LogP contribution in [0.1, 0.15) is 11.1 Å². The van der Waals surface area contributed by atoms with Crippen LogP contribution in [-0.4, -0.2) is 19.8 Å². The van der Waals surface area contributed by atoms with Gasteiger partial charge in [-0.05, 0) is 36.9 Å². The van der Waals surface area contributed by atoms with E-state index >= 15 is 0 Å². The van der Waals surface area contributed by atoms with Gasteiger partial charge in [-0.1, -0.05) is 24.3 Å². The van der Waals surface area contributed by atoms with Crippen molar-refractivity contribution in [1.29, 1.82) is 0 Å². The fourth-order valence-electron chi connectivity index (χ4n) is 2.21. The number of rotatable bonds is 3. The Bertz CT molecular complexity index is 286. The molecule has 0 fully saturated rings. The average Bonchev–Trinajstić information content (AvgIpc) is 2.61. The second-order valence-corrected chi connectivity index (χ2v) is 4.01. The predicted molar refractivity (Wildman–Crippen MR) is 56.2 cm³/mol. The summed E-state index contributed by atoms with van der Waals surface area (Å²) in [6.45, 7) is 0.471. The molecule has 0 radical (unpaired) electrons. The molecule has 2 rings (SSSR count). The van der Waals surface area contributed by atoms with Crippen LogP contribution in [0.2, 0.25) is 0 Å². The molecule has 0 amide bonds. The smallest absolute Gasteiger partial charge is 0.116 e. The Kier molecular flexibility index (Phi) is 2.82. The van der Waals surface area contributed by atoms with Gasteiger partial charge in [0.15, 0.2) is 0 Å². The highest BCUT2D eigenvalue weighted by Crippen LogP contribution is 2.29. The van der Waals surface area contributed by atoms with E-state index in [0.29, 0.717) is 6.54 Å². The molecule has 0 saturated heterocycles. The number of halogens is 1. The van der Waals surface area contributed by atoms with Crippen LogP contribution in [-0.2, 0) is 12.8 Å². The van der Waals surface area contributed by atoms with Gasteiger partial charge in [-0.2, -0.15) is 0 Å². The maximum absolute atomic E-state index is 13.6. The Balaban J connectivity index is 2.04. The first-order valence-electron chi connectivity index (χ1n) is 5.16. The van der Waals surface area contributed by atoms with Crippen LogP contribution in [0.5, 0.6) is 0 Å². The lowest BCUT2D eigenvalue weighted by Crippen LogP contribution is -2.27. The van der Waals surface area contributed by atoms with Crippen molar-refractivity contribution in [3.05, 3.63) is 35.4 Å². The Labute approximate surface area is 84.3 Å². The van der Waals surface area contributed by atoms with Crippen molar-refractivity contribution in [2.24, 2.45) is 5.92 Å².